The topological polar surface area (TPSA) is 412 Å². The molecule has 2 aliphatic carbocycles. The molecule has 8 unspecified atom stereocenters. The van der Waals surface area contributed by atoms with Crippen LogP contribution in [-0.2, 0) is 63.8 Å². The Morgan fingerprint density at radius 1 is 0.461 bits per heavy atom. The molecule has 4 aliphatic rings. The van der Waals surface area contributed by atoms with Crippen molar-refractivity contribution < 1.29 is 88.5 Å². The minimum absolute atomic E-state index is 0.00960. The van der Waals surface area contributed by atoms with Gasteiger partial charge in [0.05, 0.1) is 108 Å². The van der Waals surface area contributed by atoms with Gasteiger partial charge in [-0.1, -0.05) is 102 Å². The molecule has 0 amide bonds. The number of esters is 2. The molecule has 0 radical (unpaired) electrons. The number of aromatic nitrogens is 12. The largest absolute Gasteiger partial charge is 0.481 e. The third-order valence-electron chi connectivity index (χ3n) is 22.1. The van der Waals surface area contributed by atoms with Gasteiger partial charge in [-0.05, 0) is 148 Å². The number of imidazole rings is 4. The average molecular weight is 1750 g/mol. The van der Waals surface area contributed by atoms with Crippen LogP contribution in [0.25, 0.3) is 102 Å². The highest BCUT2D eigenvalue weighted by Gasteiger charge is 2.49. The molecule has 28 nitrogen and oxygen atoms in total. The number of carbonyl (C=O) groups excluding carboxylic acids is 2. The Bertz CT molecular complexity index is 5820. The van der Waals surface area contributed by atoms with Crippen molar-refractivity contribution in [2.24, 2.45) is 0 Å². The number of rotatable bonds is 28. The Labute approximate surface area is 739 Å². The quantitative estimate of drug-likeness (QED) is 0.0204. The summed E-state index contributed by atoms with van der Waals surface area (Å²) in [5.74, 6) is -1.000. The Hall–Kier alpha value is -12.8. The average Bonchev–Trinajstić information content (AvgIpc) is 1.59. The molecule has 0 bridgehead atoms. The van der Waals surface area contributed by atoms with Crippen molar-refractivity contribution in [2.45, 2.75) is 215 Å². The number of nitrogens with zero attached hydrogens (tertiary/aromatic N) is 12. The normalized spacial score (nSPS) is 17.9. The predicted molar refractivity (Wildman–Crippen MR) is 475 cm³/mol. The van der Waals surface area contributed by atoms with Crippen LogP contribution in [-0.4, -0.2) is 182 Å². The minimum atomic E-state index is -1.17. The van der Waals surface area contributed by atoms with E-state index < -0.39 is 84.7 Å². The summed E-state index contributed by atoms with van der Waals surface area (Å²) in [4.78, 5) is 81.1. The molecule has 10 heterocycles. The summed E-state index contributed by atoms with van der Waals surface area (Å²) in [6.07, 6.45) is 17.1. The number of aliphatic carboxylic acids is 2. The molecule has 668 valence electrons. The maximum absolute atomic E-state index is 13.7. The van der Waals surface area contributed by atoms with Crippen LogP contribution in [0.2, 0.25) is 0 Å². The lowest BCUT2D eigenvalue weighted by Gasteiger charge is -2.26. The van der Waals surface area contributed by atoms with Gasteiger partial charge in [-0.15, -0.1) is 0 Å². The lowest BCUT2D eigenvalue weighted by atomic mass is 9.95. The van der Waals surface area contributed by atoms with Crippen molar-refractivity contribution in [1.29, 1.82) is 0 Å². The van der Waals surface area contributed by atoms with Crippen molar-refractivity contribution >= 4 is 36.3 Å². The van der Waals surface area contributed by atoms with E-state index in [2.05, 4.69) is 45.3 Å². The molecule has 2 aliphatic heterocycles. The maximum Gasteiger partial charge on any atom is 0.309 e. The van der Waals surface area contributed by atoms with E-state index in [1.165, 1.54) is 30.3 Å². The molecule has 30 heteroatoms. The second kappa shape index (κ2) is 40.9. The van der Waals surface area contributed by atoms with Gasteiger partial charge in [-0.3, -0.25) is 39.1 Å². The van der Waals surface area contributed by atoms with Crippen LogP contribution in [0, 0.1) is 11.6 Å². The third kappa shape index (κ3) is 23.7. The smallest absolute Gasteiger partial charge is 0.309 e. The van der Waals surface area contributed by atoms with Crippen molar-refractivity contribution in [1.82, 2.24) is 58.1 Å². The number of cyclic esters (lactones) is 2. The summed E-state index contributed by atoms with van der Waals surface area (Å²) in [5, 5.41) is 100. The lowest BCUT2D eigenvalue weighted by molar-refractivity contribution is -0.160. The second-order valence-electron chi connectivity index (χ2n) is 34.6. The van der Waals surface area contributed by atoms with Gasteiger partial charge in [0.1, 0.15) is 58.3 Å². The molecule has 8 aromatic heterocycles. The highest BCUT2D eigenvalue weighted by Crippen LogP contribution is 2.50. The van der Waals surface area contributed by atoms with Gasteiger partial charge in [-0.2, -0.15) is 0 Å². The van der Waals surface area contributed by atoms with E-state index in [4.69, 9.17) is 39.6 Å². The van der Waals surface area contributed by atoms with Gasteiger partial charge < -0.3 is 78.8 Å². The number of halogens is 2. The van der Waals surface area contributed by atoms with E-state index >= 15 is 0 Å². The van der Waals surface area contributed by atoms with E-state index in [0.717, 1.165) is 84.5 Å². The molecule has 4 fully saturated rings. The molecule has 12 aromatic rings. The minimum Gasteiger partial charge on any atom is -0.481 e. The van der Waals surface area contributed by atoms with Crippen LogP contribution in [0.5, 0.6) is 0 Å². The summed E-state index contributed by atoms with van der Waals surface area (Å²) in [6.45, 7) is 13.1. The first-order valence-corrected chi connectivity index (χ1v) is 42.6. The summed E-state index contributed by atoms with van der Waals surface area (Å²) >= 11 is 0. The summed E-state index contributed by atoms with van der Waals surface area (Å²) in [7, 11) is 0. The maximum atomic E-state index is 13.7. The fourth-order valence-electron chi connectivity index (χ4n) is 15.6. The number of carbonyl (C=O) groups is 4. The standard InChI is InChI=1S/C25H28FN3O4.C25H26FN3O3.C24H27N3O5.C24H25N3O4/c1-25(2,3)24-28-22(16-8-11-27-12-9-16)23(17-4-6-18(26)7-5-17)29(24)13-10-19(30)14-20(31)15-21(32)33;1-25(2,3)24-28-22(16-8-11-27-12-9-16)23(17-4-6-18(26)7-5-17)29(24)13-10-20-14-19(30)15-21(31)32-20;28-18(14-19(29)15-20(30)31)8-13-27-22(17-4-2-1-3-5-17)21(16-6-11-25-12-7-16)26-23(27)24(32)9-10-24;28-18-14-19(31-20(29)15-18)8-13-27-22(17-4-2-1-3-5-17)21(16-6-11-25-12-7-16)26-23(27)24(30)9-10-24/h4-13,19-20,30-31H,14-15H2,1-3H3,(H,32,33);4-13,19-20,30H,14-15H2,1-3H3;1-7,11-12,18-19,28-29,32H,8-10,13-15H2,(H,30,31);1-7,11-12,18-19,28,30H,8-10,13-15H2. The monoisotopic (exact) mass is 1740 g/mol. The molecule has 0 spiro atoms. The van der Waals surface area contributed by atoms with Crippen LogP contribution < -0.4 is 0 Å². The first-order chi connectivity index (χ1) is 61.2. The zero-order valence-corrected chi connectivity index (χ0v) is 71.9. The molecule has 16 rings (SSSR count). The molecule has 2 saturated heterocycles. The van der Waals surface area contributed by atoms with E-state index in [1.807, 2.05) is 150 Å². The van der Waals surface area contributed by atoms with Gasteiger partial charge in [-0.25, -0.2) is 28.7 Å². The molecule has 4 aromatic carbocycles. The molecule has 10 N–H and O–H groups in total. The van der Waals surface area contributed by atoms with Gasteiger partial charge in [0.25, 0.3) is 0 Å². The van der Waals surface area contributed by atoms with E-state index in [-0.39, 0.29) is 66.6 Å². The van der Waals surface area contributed by atoms with Crippen molar-refractivity contribution in [3.05, 3.63) is 254 Å². The number of aliphatic hydroxyl groups excluding tert-OH is 6. The highest BCUT2D eigenvalue weighted by molar-refractivity contribution is 5.84. The zero-order valence-electron chi connectivity index (χ0n) is 71.9. The zero-order chi connectivity index (χ0) is 91.2. The first-order valence-electron chi connectivity index (χ1n) is 42.6. The van der Waals surface area contributed by atoms with Crippen LogP contribution >= 0.6 is 0 Å². The highest BCUT2D eigenvalue weighted by atomic mass is 19.1. The second-order valence-corrected chi connectivity index (χ2v) is 34.6. The SMILES string of the molecule is CC(C)(C)c1nc(-c2ccncc2)c(-c2ccc(F)cc2)n1C=CC(O)CC(O)CC(=O)O.CC(C)(C)c1nc(-c2ccncc2)c(-c2ccc(F)cc2)n1C=CC1CC(O)CC(=O)O1.O=C(O)CC(O)CC(O)CCn1c(C2(O)CC2)nc(-c2ccncc2)c1-c1ccccc1.O=C1CC(O)CC(CCn2c(C3(O)CC3)nc(-c3ccncc3)c2-c2ccccc2)O1. The van der Waals surface area contributed by atoms with Gasteiger partial charge in [0, 0.05) is 156 Å². The molecular formula is C98H106F2N12O16. The molecule has 2 saturated carbocycles. The first kappa shape index (κ1) is 92.9. The fraction of sp³-hybridized carbons (Fsp3) is 0.347. The van der Waals surface area contributed by atoms with Crippen LogP contribution in [0.4, 0.5) is 8.78 Å². The van der Waals surface area contributed by atoms with E-state index in [9.17, 15) is 68.8 Å². The van der Waals surface area contributed by atoms with Gasteiger partial charge in [0.15, 0.2) is 0 Å². The van der Waals surface area contributed by atoms with Crippen LogP contribution in [0.3, 0.4) is 0 Å². The Morgan fingerprint density at radius 3 is 1.21 bits per heavy atom. The number of carboxylic acid groups (broad SMARTS) is 2. The van der Waals surface area contributed by atoms with E-state index in [0.29, 0.717) is 86.9 Å². The van der Waals surface area contributed by atoms with Gasteiger partial charge in [0.2, 0.25) is 0 Å². The summed E-state index contributed by atoms with van der Waals surface area (Å²) in [5.41, 5.74) is 10.6. The number of carboxylic acids is 2. The predicted octanol–water partition coefficient (Wildman–Crippen LogP) is 14.3. The number of benzene rings is 4. The lowest BCUT2D eigenvalue weighted by Crippen LogP contribution is -2.33. The number of pyridine rings is 4. The third-order valence-corrected chi connectivity index (χ3v) is 22.1. The molecule has 128 heavy (non-hydrogen) atoms. The Kier molecular flexibility index (Phi) is 29.7. The summed E-state index contributed by atoms with van der Waals surface area (Å²) < 4.78 is 46.0. The Balaban J connectivity index is 0.000000146. The van der Waals surface area contributed by atoms with Crippen molar-refractivity contribution in [3.63, 3.8) is 0 Å². The summed E-state index contributed by atoms with van der Waals surface area (Å²) in [6, 6.07) is 47.1. The van der Waals surface area contributed by atoms with Crippen molar-refractivity contribution in [2.75, 3.05) is 0 Å². The fourth-order valence-corrected chi connectivity index (χ4v) is 15.6. The number of hydrogen-bond acceptors (Lipinski definition) is 22. The van der Waals surface area contributed by atoms with Crippen molar-refractivity contribution in [3.8, 4) is 90.1 Å². The number of hydrogen-bond donors (Lipinski definition) is 10. The molecule has 8 atom stereocenters. The number of aliphatic hydroxyl groups is 8. The molecular weight excluding hydrogens is 1640 g/mol. The van der Waals surface area contributed by atoms with Crippen LogP contribution in [0.15, 0.2) is 219 Å². The van der Waals surface area contributed by atoms with Crippen LogP contribution in [0.1, 0.15) is 155 Å². The number of ether oxygens (including phenoxy) is 2. The van der Waals surface area contributed by atoms with Gasteiger partial charge >= 0.3 is 23.9 Å². The Morgan fingerprint density at radius 2 is 0.828 bits per heavy atom. The van der Waals surface area contributed by atoms with E-state index in [1.54, 1.807) is 86.1 Å².